The van der Waals surface area contributed by atoms with Crippen LogP contribution in [0, 0.1) is 0 Å². The van der Waals surface area contributed by atoms with Crippen molar-refractivity contribution >= 4 is 34.4 Å². The van der Waals surface area contributed by atoms with Gasteiger partial charge in [0, 0.05) is 22.0 Å². The van der Waals surface area contributed by atoms with Crippen molar-refractivity contribution in [3.63, 3.8) is 0 Å². The number of hydrogen-bond acceptors (Lipinski definition) is 8. The SMILES string of the molecule is CCc1cc2oc(=O)cc(COC(=O)c3cc(OC)c(OCC(N)=O)c(OC)c3)c2cc1Cl. The van der Waals surface area contributed by atoms with Crippen molar-refractivity contribution in [2.45, 2.75) is 20.0 Å². The van der Waals surface area contributed by atoms with Gasteiger partial charge in [-0.05, 0) is 36.2 Å². The molecular formula is C23H22ClNO8. The molecule has 3 aromatic rings. The van der Waals surface area contributed by atoms with Gasteiger partial charge in [0.25, 0.3) is 5.91 Å². The van der Waals surface area contributed by atoms with Crippen LogP contribution in [0.4, 0.5) is 0 Å². The molecule has 1 amide bonds. The molecule has 0 radical (unpaired) electrons. The molecule has 0 aliphatic heterocycles. The second kappa shape index (κ2) is 10.3. The summed E-state index contributed by atoms with van der Waals surface area (Å²) in [6.07, 6.45) is 0.667. The Hall–Kier alpha value is -3.72. The van der Waals surface area contributed by atoms with E-state index in [-0.39, 0.29) is 29.4 Å². The third-order valence-corrected chi connectivity index (χ3v) is 5.14. The molecule has 2 aromatic carbocycles. The third kappa shape index (κ3) is 5.38. The molecule has 0 aliphatic carbocycles. The molecule has 174 valence electrons. The van der Waals surface area contributed by atoms with Crippen LogP contribution in [0.3, 0.4) is 0 Å². The zero-order chi connectivity index (χ0) is 24.1. The minimum atomic E-state index is -0.703. The summed E-state index contributed by atoms with van der Waals surface area (Å²) < 4.78 is 26.5. The van der Waals surface area contributed by atoms with Crippen LogP contribution >= 0.6 is 11.6 Å². The van der Waals surface area contributed by atoms with Gasteiger partial charge in [-0.1, -0.05) is 18.5 Å². The van der Waals surface area contributed by atoms with Gasteiger partial charge in [0.05, 0.1) is 19.8 Å². The van der Waals surface area contributed by atoms with E-state index in [0.29, 0.717) is 28.0 Å². The van der Waals surface area contributed by atoms with Crippen LogP contribution in [0.5, 0.6) is 17.2 Å². The molecule has 1 heterocycles. The Bertz CT molecular complexity index is 1240. The van der Waals surface area contributed by atoms with Crippen molar-refractivity contribution in [2.75, 3.05) is 20.8 Å². The Morgan fingerprint density at radius 2 is 1.70 bits per heavy atom. The van der Waals surface area contributed by atoms with Crippen LogP contribution in [0.1, 0.15) is 28.4 Å². The fraction of sp³-hybridized carbons (Fsp3) is 0.261. The Morgan fingerprint density at radius 3 is 2.27 bits per heavy atom. The lowest BCUT2D eigenvalue weighted by Crippen LogP contribution is -2.20. The van der Waals surface area contributed by atoms with Crippen LogP contribution in [0.15, 0.2) is 39.5 Å². The van der Waals surface area contributed by atoms with Gasteiger partial charge < -0.3 is 29.1 Å². The van der Waals surface area contributed by atoms with E-state index < -0.39 is 24.1 Å². The summed E-state index contributed by atoms with van der Waals surface area (Å²) in [5.41, 5.74) is 6.28. The monoisotopic (exact) mass is 475 g/mol. The fourth-order valence-electron chi connectivity index (χ4n) is 3.19. The van der Waals surface area contributed by atoms with E-state index in [2.05, 4.69) is 0 Å². The van der Waals surface area contributed by atoms with E-state index in [0.717, 1.165) is 5.56 Å². The maximum atomic E-state index is 12.7. The number of fused-ring (bicyclic) bond motifs is 1. The predicted octanol–water partition coefficient (Wildman–Crippen LogP) is 3.25. The van der Waals surface area contributed by atoms with Gasteiger partial charge in [0.15, 0.2) is 18.1 Å². The average molecular weight is 476 g/mol. The molecule has 0 spiro atoms. The highest BCUT2D eigenvalue weighted by atomic mass is 35.5. The molecule has 1 aromatic heterocycles. The lowest BCUT2D eigenvalue weighted by atomic mass is 10.1. The van der Waals surface area contributed by atoms with Gasteiger partial charge in [-0.2, -0.15) is 0 Å². The first-order valence-electron chi connectivity index (χ1n) is 9.86. The Balaban J connectivity index is 1.89. The van der Waals surface area contributed by atoms with Gasteiger partial charge in [0.1, 0.15) is 12.2 Å². The normalized spacial score (nSPS) is 10.7. The number of benzene rings is 2. The molecule has 0 atom stereocenters. The average Bonchev–Trinajstić information content (AvgIpc) is 2.80. The summed E-state index contributed by atoms with van der Waals surface area (Å²) in [7, 11) is 2.73. The molecule has 0 saturated heterocycles. The van der Waals surface area contributed by atoms with Crippen molar-refractivity contribution in [3.8, 4) is 17.2 Å². The van der Waals surface area contributed by atoms with E-state index in [4.69, 9.17) is 40.7 Å². The second-order valence-electron chi connectivity index (χ2n) is 6.93. The largest absolute Gasteiger partial charge is 0.493 e. The molecule has 0 saturated carbocycles. The van der Waals surface area contributed by atoms with Crippen LogP contribution in [-0.2, 0) is 22.6 Å². The summed E-state index contributed by atoms with van der Waals surface area (Å²) in [6, 6.07) is 7.38. The third-order valence-electron chi connectivity index (χ3n) is 4.79. The van der Waals surface area contributed by atoms with Gasteiger partial charge >= 0.3 is 11.6 Å². The molecule has 3 rings (SSSR count). The molecule has 0 bridgehead atoms. The van der Waals surface area contributed by atoms with Gasteiger partial charge in [-0.15, -0.1) is 0 Å². The van der Waals surface area contributed by atoms with Crippen LogP contribution in [0.2, 0.25) is 5.02 Å². The van der Waals surface area contributed by atoms with E-state index in [1.54, 1.807) is 12.1 Å². The van der Waals surface area contributed by atoms with E-state index in [1.165, 1.54) is 32.4 Å². The highest BCUT2D eigenvalue weighted by Gasteiger charge is 2.20. The minimum Gasteiger partial charge on any atom is -0.493 e. The van der Waals surface area contributed by atoms with Crippen LogP contribution in [-0.4, -0.2) is 32.7 Å². The van der Waals surface area contributed by atoms with Crippen LogP contribution < -0.4 is 25.6 Å². The number of nitrogens with two attached hydrogens (primary N) is 1. The highest BCUT2D eigenvalue weighted by Crippen LogP contribution is 2.39. The highest BCUT2D eigenvalue weighted by molar-refractivity contribution is 6.32. The molecule has 9 nitrogen and oxygen atoms in total. The molecular weight excluding hydrogens is 454 g/mol. The fourth-order valence-corrected chi connectivity index (χ4v) is 3.49. The summed E-state index contributed by atoms with van der Waals surface area (Å²) in [6.45, 7) is 1.33. The number of carbonyl (C=O) groups is 2. The van der Waals surface area contributed by atoms with Gasteiger partial charge in [-0.3, -0.25) is 4.79 Å². The first-order chi connectivity index (χ1) is 15.8. The summed E-state index contributed by atoms with van der Waals surface area (Å²) in [5.74, 6) is -0.984. The maximum Gasteiger partial charge on any atom is 0.338 e. The van der Waals surface area contributed by atoms with E-state index in [9.17, 15) is 14.4 Å². The number of amides is 1. The maximum absolute atomic E-state index is 12.7. The summed E-state index contributed by atoms with van der Waals surface area (Å²) in [4.78, 5) is 35.8. The molecule has 0 unspecified atom stereocenters. The molecule has 33 heavy (non-hydrogen) atoms. The number of methoxy groups -OCH3 is 2. The number of rotatable bonds is 9. The number of aryl methyl sites for hydroxylation is 1. The van der Waals surface area contributed by atoms with Crippen molar-refractivity contribution < 1.29 is 33.0 Å². The summed E-state index contributed by atoms with van der Waals surface area (Å²) in [5, 5.41) is 1.09. The lowest BCUT2D eigenvalue weighted by molar-refractivity contribution is -0.120. The number of esters is 1. The number of ether oxygens (including phenoxy) is 4. The van der Waals surface area contributed by atoms with Crippen molar-refractivity contribution in [2.24, 2.45) is 5.73 Å². The Labute approximate surface area is 193 Å². The number of hydrogen-bond donors (Lipinski definition) is 1. The molecule has 10 heteroatoms. The smallest absolute Gasteiger partial charge is 0.338 e. The Kier molecular flexibility index (Phi) is 7.44. The quantitative estimate of drug-likeness (QED) is 0.369. The minimum absolute atomic E-state index is 0.105. The standard InChI is InChI=1S/C23H22ClNO8/c1-4-12-5-17-15(9-16(12)24)14(8-21(27)33-17)10-32-23(28)13-6-18(29-2)22(19(7-13)30-3)31-11-20(25)26/h5-9H,4,10-11H2,1-3H3,(H2,25,26). The molecule has 0 fully saturated rings. The summed E-state index contributed by atoms with van der Waals surface area (Å²) >= 11 is 6.30. The van der Waals surface area contributed by atoms with Crippen molar-refractivity contribution in [1.82, 2.24) is 0 Å². The van der Waals surface area contributed by atoms with Crippen molar-refractivity contribution in [1.29, 1.82) is 0 Å². The molecule has 0 aliphatic rings. The second-order valence-corrected chi connectivity index (χ2v) is 7.33. The molecule has 2 N–H and O–H groups in total. The van der Waals surface area contributed by atoms with Gasteiger partial charge in [0.2, 0.25) is 5.75 Å². The zero-order valence-electron chi connectivity index (χ0n) is 18.2. The Morgan fingerprint density at radius 1 is 1.03 bits per heavy atom. The zero-order valence-corrected chi connectivity index (χ0v) is 19.0. The van der Waals surface area contributed by atoms with Crippen LogP contribution in [0.25, 0.3) is 11.0 Å². The topological polar surface area (TPSA) is 127 Å². The van der Waals surface area contributed by atoms with E-state index in [1.807, 2.05) is 6.92 Å². The number of halogens is 1. The van der Waals surface area contributed by atoms with Crippen molar-refractivity contribution in [3.05, 3.63) is 62.5 Å². The number of primary amides is 1. The first-order valence-corrected chi connectivity index (χ1v) is 10.2. The van der Waals surface area contributed by atoms with E-state index >= 15 is 0 Å². The number of carbonyl (C=O) groups excluding carboxylic acids is 2. The lowest BCUT2D eigenvalue weighted by Gasteiger charge is -2.15. The predicted molar refractivity (Wildman–Crippen MR) is 120 cm³/mol. The van der Waals surface area contributed by atoms with Gasteiger partial charge in [-0.25, -0.2) is 9.59 Å². The first kappa shape index (κ1) is 23.9.